The van der Waals surface area contributed by atoms with Crippen LogP contribution in [0, 0.1) is 5.92 Å². The number of nitrogens with zero attached hydrogens (tertiary/aromatic N) is 2. The van der Waals surface area contributed by atoms with Crippen molar-refractivity contribution in [1.82, 2.24) is 10.2 Å². The number of carbonyl (C=O) groups is 2. The Balaban J connectivity index is 1.07. The van der Waals surface area contributed by atoms with Crippen LogP contribution in [0.15, 0.2) is 109 Å². The van der Waals surface area contributed by atoms with Gasteiger partial charge in [-0.2, -0.15) is 0 Å². The zero-order valence-corrected chi connectivity index (χ0v) is 27.1. The molecule has 9 heteroatoms. The first-order valence-electron chi connectivity index (χ1n) is 16.7. The fourth-order valence-corrected chi connectivity index (χ4v) is 7.24. The summed E-state index contributed by atoms with van der Waals surface area (Å²) in [5, 5.41) is 15.7. The van der Waals surface area contributed by atoms with Gasteiger partial charge in [0.05, 0.1) is 25.5 Å². The predicted molar refractivity (Wildman–Crippen MR) is 184 cm³/mol. The van der Waals surface area contributed by atoms with Crippen LogP contribution in [0.2, 0.25) is 0 Å². The third-order valence-electron chi connectivity index (χ3n) is 10.1. The minimum absolute atomic E-state index is 0.0148. The first kappa shape index (κ1) is 32.0. The second-order valence-electron chi connectivity index (χ2n) is 13.0. The van der Waals surface area contributed by atoms with E-state index in [0.717, 1.165) is 48.3 Å². The lowest BCUT2D eigenvalue weighted by molar-refractivity contribution is -0.276. The smallest absolute Gasteiger partial charge is 0.255 e. The molecule has 4 aromatic carbocycles. The number of aliphatic hydroxyl groups excluding tert-OH is 1. The zero-order valence-electron chi connectivity index (χ0n) is 27.1. The average molecular weight is 647 g/mol. The third-order valence-corrected chi connectivity index (χ3v) is 10.1. The van der Waals surface area contributed by atoms with Crippen molar-refractivity contribution in [1.29, 1.82) is 0 Å². The average Bonchev–Trinajstić information content (AvgIpc) is 3.45. The van der Waals surface area contributed by atoms with E-state index < -0.39 is 11.8 Å². The Morgan fingerprint density at radius 1 is 0.875 bits per heavy atom. The van der Waals surface area contributed by atoms with Gasteiger partial charge in [-0.05, 0) is 60.4 Å². The first-order chi connectivity index (χ1) is 23.4. The molecule has 48 heavy (non-hydrogen) atoms. The second-order valence-corrected chi connectivity index (χ2v) is 13.0. The maximum absolute atomic E-state index is 13.2. The summed E-state index contributed by atoms with van der Waals surface area (Å²) in [5.41, 5.74) is 4.54. The van der Waals surface area contributed by atoms with E-state index in [1.165, 1.54) is 0 Å². The van der Waals surface area contributed by atoms with Crippen LogP contribution in [-0.2, 0) is 20.9 Å². The van der Waals surface area contributed by atoms with Crippen molar-refractivity contribution in [2.75, 3.05) is 36.5 Å². The molecule has 0 saturated carbocycles. The minimum Gasteiger partial charge on any atom is -0.392 e. The molecule has 4 aromatic rings. The topological polar surface area (TPSA) is 103 Å². The summed E-state index contributed by atoms with van der Waals surface area (Å²) in [7, 11) is 0. The standard InChI is InChI=1S/C39H42N4O5/c1-27-34(24-42-22-20-39(21-23-42)38(46)40-26-43(39)33-10-6-3-7-11-33)47-37(48-35(27)29-14-12-28(25-44)13-15-29)31-16-18-32(19-17-31)41-36(45)30-8-4-2-5-9-30/h2-19,27,34-35,37,44H,20-26H2,1H3,(H,40,46)(H,41,45)/t27-,34+,35+,37+/m0/s1. The molecular weight excluding hydrogens is 604 g/mol. The molecule has 0 radical (unpaired) electrons. The highest BCUT2D eigenvalue weighted by molar-refractivity contribution is 6.04. The van der Waals surface area contributed by atoms with Crippen molar-refractivity contribution in [2.24, 2.45) is 5.92 Å². The zero-order chi connectivity index (χ0) is 33.1. The Hall–Kier alpha value is -4.54. The molecule has 0 aliphatic carbocycles. The van der Waals surface area contributed by atoms with Crippen LogP contribution >= 0.6 is 0 Å². The van der Waals surface area contributed by atoms with E-state index in [2.05, 4.69) is 39.5 Å². The Labute approximate surface area is 281 Å². The van der Waals surface area contributed by atoms with Crippen LogP contribution < -0.4 is 15.5 Å². The van der Waals surface area contributed by atoms with Crippen LogP contribution in [0.1, 0.15) is 59.2 Å². The number of piperidine rings is 1. The lowest BCUT2D eigenvalue weighted by atomic mass is 9.84. The van der Waals surface area contributed by atoms with Crippen LogP contribution in [0.3, 0.4) is 0 Å². The van der Waals surface area contributed by atoms with E-state index in [4.69, 9.17) is 9.47 Å². The molecule has 3 aliphatic rings. The lowest BCUT2D eigenvalue weighted by Gasteiger charge is -2.46. The molecular formula is C39H42N4O5. The normalized spacial score (nSPS) is 24.0. The molecule has 0 aromatic heterocycles. The van der Waals surface area contributed by atoms with Crippen molar-refractivity contribution in [3.63, 3.8) is 0 Å². The Bertz CT molecular complexity index is 1690. The number of ether oxygens (including phenoxy) is 2. The summed E-state index contributed by atoms with van der Waals surface area (Å²) in [6.45, 7) is 4.94. The summed E-state index contributed by atoms with van der Waals surface area (Å²) in [6, 6.07) is 34.8. The number of carbonyl (C=O) groups excluding carboxylic acids is 2. The van der Waals surface area contributed by atoms with Crippen LogP contribution in [0.5, 0.6) is 0 Å². The van der Waals surface area contributed by atoms with Gasteiger partial charge in [-0.3, -0.25) is 9.59 Å². The molecule has 3 saturated heterocycles. The summed E-state index contributed by atoms with van der Waals surface area (Å²) in [5.74, 6) is -0.0206. The third kappa shape index (κ3) is 6.47. The van der Waals surface area contributed by atoms with E-state index in [-0.39, 0.29) is 36.5 Å². The summed E-state index contributed by atoms with van der Waals surface area (Å²) in [6.07, 6.45) is 0.482. The van der Waals surface area contributed by atoms with Gasteiger partial charge in [0.1, 0.15) is 5.54 Å². The maximum Gasteiger partial charge on any atom is 0.255 e. The van der Waals surface area contributed by atoms with Gasteiger partial charge in [0.2, 0.25) is 5.91 Å². The number of hydrogen-bond acceptors (Lipinski definition) is 7. The van der Waals surface area contributed by atoms with E-state index in [1.807, 2.05) is 84.9 Å². The summed E-state index contributed by atoms with van der Waals surface area (Å²) in [4.78, 5) is 30.6. The molecule has 0 unspecified atom stereocenters. The van der Waals surface area contributed by atoms with Gasteiger partial charge >= 0.3 is 0 Å². The van der Waals surface area contributed by atoms with Gasteiger partial charge in [-0.25, -0.2) is 0 Å². The van der Waals surface area contributed by atoms with Crippen molar-refractivity contribution < 1.29 is 24.2 Å². The molecule has 4 atom stereocenters. The maximum atomic E-state index is 13.2. The monoisotopic (exact) mass is 646 g/mol. The van der Waals surface area contributed by atoms with Crippen molar-refractivity contribution in [3.8, 4) is 0 Å². The SMILES string of the molecule is C[C@H]1[C@@H](CN2CCC3(CC2)C(=O)NCN3c2ccccc2)O[C@@H](c2ccc(NC(=O)c3ccccc3)cc2)O[C@H]1c1ccc(CO)cc1. The van der Waals surface area contributed by atoms with Gasteiger partial charge < -0.3 is 35.0 Å². The van der Waals surface area contributed by atoms with Crippen LogP contribution in [0.4, 0.5) is 11.4 Å². The Kier molecular flexibility index (Phi) is 9.28. The first-order valence-corrected chi connectivity index (χ1v) is 16.7. The van der Waals surface area contributed by atoms with Gasteiger partial charge in [0.15, 0.2) is 6.29 Å². The molecule has 0 bridgehead atoms. The van der Waals surface area contributed by atoms with E-state index in [9.17, 15) is 14.7 Å². The quantitative estimate of drug-likeness (QED) is 0.227. The number of aliphatic hydroxyl groups is 1. The molecule has 3 fully saturated rings. The van der Waals surface area contributed by atoms with E-state index in [1.54, 1.807) is 12.1 Å². The number of likely N-dealkylation sites (tertiary alicyclic amines) is 1. The van der Waals surface area contributed by atoms with E-state index in [0.29, 0.717) is 24.5 Å². The number of anilines is 2. The molecule has 248 valence electrons. The van der Waals surface area contributed by atoms with Gasteiger partial charge in [-0.1, -0.05) is 79.7 Å². The molecule has 3 N–H and O–H groups in total. The highest BCUT2D eigenvalue weighted by Crippen LogP contribution is 2.43. The summed E-state index contributed by atoms with van der Waals surface area (Å²) < 4.78 is 13.4. The molecule has 1 spiro atoms. The summed E-state index contributed by atoms with van der Waals surface area (Å²) >= 11 is 0. The van der Waals surface area contributed by atoms with Gasteiger partial charge in [-0.15, -0.1) is 0 Å². The highest BCUT2D eigenvalue weighted by Gasteiger charge is 2.51. The van der Waals surface area contributed by atoms with Crippen molar-refractivity contribution >= 4 is 23.2 Å². The molecule has 7 rings (SSSR count). The van der Waals surface area contributed by atoms with Gasteiger partial charge in [0.25, 0.3) is 5.91 Å². The van der Waals surface area contributed by atoms with Crippen molar-refractivity contribution in [2.45, 2.75) is 50.4 Å². The van der Waals surface area contributed by atoms with Crippen LogP contribution in [0.25, 0.3) is 0 Å². The second kappa shape index (κ2) is 13.9. The Morgan fingerprint density at radius 3 is 2.19 bits per heavy atom. The van der Waals surface area contributed by atoms with Gasteiger partial charge in [0, 0.05) is 48.1 Å². The highest BCUT2D eigenvalue weighted by atomic mass is 16.7. The number of rotatable bonds is 8. The molecule has 3 heterocycles. The fraction of sp³-hybridized carbons (Fsp3) is 0.333. The van der Waals surface area contributed by atoms with Crippen molar-refractivity contribution in [3.05, 3.63) is 131 Å². The Morgan fingerprint density at radius 2 is 1.52 bits per heavy atom. The predicted octanol–water partition coefficient (Wildman–Crippen LogP) is 5.65. The fourth-order valence-electron chi connectivity index (χ4n) is 7.24. The molecule has 2 amide bonds. The number of amides is 2. The molecule has 3 aliphatic heterocycles. The number of hydrogen-bond donors (Lipinski definition) is 3. The number of nitrogens with one attached hydrogen (secondary N) is 2. The minimum atomic E-state index is -0.613. The number of benzene rings is 4. The lowest BCUT2D eigenvalue weighted by Crippen LogP contribution is -2.57. The largest absolute Gasteiger partial charge is 0.392 e. The number of para-hydroxylation sites is 1. The van der Waals surface area contributed by atoms with Crippen LogP contribution in [-0.4, -0.2) is 59.8 Å². The van der Waals surface area contributed by atoms with E-state index >= 15 is 0 Å². The molecule has 9 nitrogen and oxygen atoms in total.